The highest BCUT2D eigenvalue weighted by atomic mass is 35.5. The van der Waals surface area contributed by atoms with E-state index < -0.39 is 0 Å². The van der Waals surface area contributed by atoms with Crippen LogP contribution in [0.15, 0.2) is 29.8 Å². The molecule has 5 nitrogen and oxygen atoms in total. The average Bonchev–Trinajstić information content (AvgIpc) is 3.35. The lowest BCUT2D eigenvalue weighted by Crippen LogP contribution is -2.26. The van der Waals surface area contributed by atoms with E-state index >= 15 is 0 Å². The van der Waals surface area contributed by atoms with Gasteiger partial charge in [0.05, 0.1) is 12.2 Å². The molecule has 0 bridgehead atoms. The predicted molar refractivity (Wildman–Crippen MR) is 97.0 cm³/mol. The van der Waals surface area contributed by atoms with Gasteiger partial charge in [-0.1, -0.05) is 29.8 Å². The number of carbonyl (C=O) groups is 1. The highest BCUT2D eigenvalue weighted by molar-refractivity contribution is 6.31. The van der Waals surface area contributed by atoms with Gasteiger partial charge in [0, 0.05) is 22.3 Å². The fraction of sp³-hybridized carbons (Fsp3) is 0.316. The maximum Gasteiger partial charge on any atom is 0.262 e. The summed E-state index contributed by atoms with van der Waals surface area (Å²) >= 11 is 6.23. The molecule has 1 heterocycles. The van der Waals surface area contributed by atoms with E-state index in [1.807, 2.05) is 48.9 Å². The zero-order valence-electron chi connectivity index (χ0n) is 14.2. The number of nitrogens with one attached hydrogen (secondary N) is 1. The lowest BCUT2D eigenvalue weighted by atomic mass is 10.1. The number of hydrogen-bond donors (Lipinski definition) is 1. The third kappa shape index (κ3) is 3.92. The Bertz CT molecular complexity index is 887. The molecule has 3 rings (SSSR count). The molecule has 6 heteroatoms. The Morgan fingerprint density at radius 3 is 2.80 bits per heavy atom. The highest BCUT2D eigenvalue weighted by Gasteiger charge is 2.25. The Hall–Kier alpha value is -2.58. The first-order valence-corrected chi connectivity index (χ1v) is 8.57. The van der Waals surface area contributed by atoms with E-state index in [1.165, 1.54) is 0 Å². The Kier molecular flexibility index (Phi) is 4.91. The fourth-order valence-electron chi connectivity index (χ4n) is 2.65. The van der Waals surface area contributed by atoms with Crippen molar-refractivity contribution < 1.29 is 4.79 Å². The Morgan fingerprint density at radius 2 is 2.16 bits per heavy atom. The maximum absolute atomic E-state index is 12.1. The first kappa shape index (κ1) is 17.2. The Balaban J connectivity index is 1.88. The number of amides is 1. The van der Waals surface area contributed by atoms with Crippen molar-refractivity contribution in [2.75, 3.05) is 0 Å². The topological polar surface area (TPSA) is 70.7 Å². The smallest absolute Gasteiger partial charge is 0.262 e. The van der Waals surface area contributed by atoms with Gasteiger partial charge >= 0.3 is 0 Å². The van der Waals surface area contributed by atoms with Gasteiger partial charge < -0.3 is 5.32 Å². The van der Waals surface area contributed by atoms with E-state index in [4.69, 9.17) is 11.6 Å². The largest absolute Gasteiger partial charge is 0.349 e. The van der Waals surface area contributed by atoms with Crippen molar-refractivity contribution in [1.82, 2.24) is 15.1 Å². The molecule has 1 fully saturated rings. The predicted octanol–water partition coefficient (Wildman–Crippen LogP) is 3.39. The molecule has 0 aliphatic heterocycles. The number of nitriles is 1. The Labute approximate surface area is 151 Å². The zero-order chi connectivity index (χ0) is 18.0. The van der Waals surface area contributed by atoms with Crippen molar-refractivity contribution in [1.29, 1.82) is 5.26 Å². The van der Waals surface area contributed by atoms with Crippen LogP contribution in [0, 0.1) is 25.2 Å². The third-order valence-electron chi connectivity index (χ3n) is 4.28. The molecule has 1 amide bonds. The van der Waals surface area contributed by atoms with Gasteiger partial charge in [-0.3, -0.25) is 9.48 Å². The van der Waals surface area contributed by atoms with Crippen molar-refractivity contribution in [3.05, 3.63) is 57.4 Å². The van der Waals surface area contributed by atoms with Crippen molar-refractivity contribution >= 4 is 23.6 Å². The molecule has 1 N–H and O–H groups in total. The summed E-state index contributed by atoms with van der Waals surface area (Å²) < 4.78 is 1.84. The molecule has 0 radical (unpaired) electrons. The summed E-state index contributed by atoms with van der Waals surface area (Å²) in [4.78, 5) is 12.1. The van der Waals surface area contributed by atoms with Gasteiger partial charge in [-0.15, -0.1) is 0 Å². The summed E-state index contributed by atoms with van der Waals surface area (Å²) in [5, 5.41) is 17.4. The number of rotatable bonds is 5. The second-order valence-corrected chi connectivity index (χ2v) is 6.66. The van der Waals surface area contributed by atoms with E-state index in [2.05, 4.69) is 10.4 Å². The van der Waals surface area contributed by atoms with Gasteiger partial charge in [0.2, 0.25) is 0 Å². The molecule has 1 aromatic heterocycles. The summed E-state index contributed by atoms with van der Waals surface area (Å²) in [7, 11) is 0. The first-order valence-electron chi connectivity index (χ1n) is 8.19. The minimum absolute atomic E-state index is 0.107. The average molecular weight is 355 g/mol. The van der Waals surface area contributed by atoms with E-state index in [9.17, 15) is 10.1 Å². The molecule has 25 heavy (non-hydrogen) atoms. The molecule has 0 saturated heterocycles. The van der Waals surface area contributed by atoms with Gasteiger partial charge in [0.15, 0.2) is 0 Å². The van der Waals surface area contributed by atoms with Crippen LogP contribution in [0.5, 0.6) is 0 Å². The summed E-state index contributed by atoms with van der Waals surface area (Å²) in [6.07, 6.45) is 3.59. The van der Waals surface area contributed by atoms with Gasteiger partial charge in [-0.05, 0) is 44.4 Å². The minimum Gasteiger partial charge on any atom is -0.349 e. The molecular formula is C19H19ClN4O. The molecule has 128 valence electrons. The molecule has 1 aliphatic rings. The van der Waals surface area contributed by atoms with Crippen LogP contribution in [0.3, 0.4) is 0 Å². The number of benzene rings is 1. The molecule has 1 aromatic carbocycles. The summed E-state index contributed by atoms with van der Waals surface area (Å²) in [5.41, 5.74) is 3.54. The molecule has 2 aromatic rings. The molecule has 0 spiro atoms. The maximum atomic E-state index is 12.1. The quantitative estimate of drug-likeness (QED) is 0.661. The number of nitrogens with zero attached hydrogens (tertiary/aromatic N) is 3. The second kappa shape index (κ2) is 7.12. The summed E-state index contributed by atoms with van der Waals surface area (Å²) in [6.45, 7) is 4.34. The van der Waals surface area contributed by atoms with Crippen molar-refractivity contribution in [2.24, 2.45) is 0 Å². The number of carbonyl (C=O) groups excluding carboxylic acids is 1. The van der Waals surface area contributed by atoms with Crippen molar-refractivity contribution in [2.45, 2.75) is 39.3 Å². The van der Waals surface area contributed by atoms with Crippen LogP contribution in [0.2, 0.25) is 5.02 Å². The third-order valence-corrected chi connectivity index (χ3v) is 4.65. The van der Waals surface area contributed by atoms with Crippen LogP contribution < -0.4 is 5.32 Å². The van der Waals surface area contributed by atoms with Crippen LogP contribution in [-0.4, -0.2) is 21.7 Å². The zero-order valence-corrected chi connectivity index (χ0v) is 15.0. The van der Waals surface area contributed by atoms with Crippen molar-refractivity contribution in [3.8, 4) is 6.07 Å². The van der Waals surface area contributed by atoms with Crippen LogP contribution >= 0.6 is 11.6 Å². The second-order valence-electron chi connectivity index (χ2n) is 6.25. The number of hydrogen-bond acceptors (Lipinski definition) is 3. The first-order chi connectivity index (χ1) is 12.0. The van der Waals surface area contributed by atoms with Crippen LogP contribution in [0.1, 0.15) is 35.4 Å². The fourth-order valence-corrected chi connectivity index (χ4v) is 2.84. The number of aryl methyl sites for hydroxylation is 1. The molecule has 1 saturated carbocycles. The highest BCUT2D eigenvalue weighted by Crippen LogP contribution is 2.22. The van der Waals surface area contributed by atoms with Gasteiger partial charge in [-0.2, -0.15) is 10.4 Å². The summed E-state index contributed by atoms with van der Waals surface area (Å²) in [6, 6.07) is 9.84. The van der Waals surface area contributed by atoms with Crippen LogP contribution in [-0.2, 0) is 11.3 Å². The summed E-state index contributed by atoms with van der Waals surface area (Å²) in [5.74, 6) is -0.317. The molecule has 0 atom stereocenters. The molecule has 1 aliphatic carbocycles. The van der Waals surface area contributed by atoms with Crippen LogP contribution in [0.4, 0.5) is 0 Å². The monoisotopic (exact) mass is 354 g/mol. The SMILES string of the molecule is Cc1nn(Cc2ccccc2Cl)c(C)c1/C=C(\C#N)C(=O)NC1CC1. The molecule has 0 unspecified atom stereocenters. The van der Waals surface area contributed by atoms with Gasteiger partial charge in [0.1, 0.15) is 11.6 Å². The standard InChI is InChI=1S/C19H19ClN4O/c1-12-17(9-15(10-21)19(25)22-16-7-8-16)13(2)24(23-12)11-14-5-3-4-6-18(14)20/h3-6,9,16H,7-8,11H2,1-2H3,(H,22,25)/b15-9+. The minimum atomic E-state index is -0.317. The van der Waals surface area contributed by atoms with Gasteiger partial charge in [0.25, 0.3) is 5.91 Å². The number of aromatic nitrogens is 2. The van der Waals surface area contributed by atoms with E-state index in [0.717, 1.165) is 35.4 Å². The number of halogens is 1. The normalized spacial score (nSPS) is 14.2. The van der Waals surface area contributed by atoms with E-state index in [-0.39, 0.29) is 17.5 Å². The van der Waals surface area contributed by atoms with E-state index in [1.54, 1.807) is 6.08 Å². The lowest BCUT2D eigenvalue weighted by molar-refractivity contribution is -0.117. The van der Waals surface area contributed by atoms with Crippen LogP contribution in [0.25, 0.3) is 6.08 Å². The van der Waals surface area contributed by atoms with Crippen molar-refractivity contribution in [3.63, 3.8) is 0 Å². The lowest BCUT2D eigenvalue weighted by Gasteiger charge is -2.07. The van der Waals surface area contributed by atoms with Gasteiger partial charge in [-0.25, -0.2) is 0 Å². The molecular weight excluding hydrogens is 336 g/mol. The van der Waals surface area contributed by atoms with E-state index in [0.29, 0.717) is 11.6 Å². The Morgan fingerprint density at radius 1 is 1.44 bits per heavy atom.